The zero-order valence-electron chi connectivity index (χ0n) is 11.5. The monoisotopic (exact) mass is 378 g/mol. The lowest BCUT2D eigenvalue weighted by molar-refractivity contribution is 0.0698. The van der Waals surface area contributed by atoms with E-state index in [2.05, 4.69) is 20.7 Å². The molecule has 0 radical (unpaired) electrons. The van der Waals surface area contributed by atoms with Gasteiger partial charge in [0.2, 0.25) is 10.0 Å². The first kappa shape index (κ1) is 16.4. The van der Waals surface area contributed by atoms with E-state index in [1.807, 2.05) is 0 Å². The van der Waals surface area contributed by atoms with Crippen molar-refractivity contribution >= 4 is 31.9 Å². The average molecular weight is 379 g/mol. The fourth-order valence-electron chi connectivity index (χ4n) is 2.40. The minimum Gasteiger partial charge on any atom is -0.337 e. The van der Waals surface area contributed by atoms with E-state index in [9.17, 15) is 17.6 Å². The van der Waals surface area contributed by atoms with Crippen LogP contribution in [0.25, 0.3) is 0 Å². The van der Waals surface area contributed by atoms with Crippen LogP contribution in [0.4, 0.5) is 4.39 Å². The minimum atomic E-state index is -3.32. The summed E-state index contributed by atoms with van der Waals surface area (Å²) >= 11 is 3.05. The van der Waals surface area contributed by atoms with Crippen molar-refractivity contribution in [3.63, 3.8) is 0 Å². The number of likely N-dealkylation sites (tertiary alicyclic amines) is 1. The molecular weight excluding hydrogens is 363 g/mol. The van der Waals surface area contributed by atoms with Gasteiger partial charge < -0.3 is 4.90 Å². The summed E-state index contributed by atoms with van der Waals surface area (Å²) in [6.45, 7) is 0.741. The number of hydrogen-bond acceptors (Lipinski definition) is 3. The van der Waals surface area contributed by atoms with E-state index in [1.54, 1.807) is 6.07 Å². The zero-order valence-corrected chi connectivity index (χ0v) is 13.9. The van der Waals surface area contributed by atoms with Gasteiger partial charge in [-0.2, -0.15) is 0 Å². The lowest BCUT2D eigenvalue weighted by Crippen LogP contribution is -2.49. The minimum absolute atomic E-state index is 0.00983. The number of amides is 1. The van der Waals surface area contributed by atoms with E-state index in [0.717, 1.165) is 6.26 Å². The Morgan fingerprint density at radius 2 is 2.19 bits per heavy atom. The molecule has 1 fully saturated rings. The van der Waals surface area contributed by atoms with Crippen LogP contribution in [0, 0.1) is 5.82 Å². The van der Waals surface area contributed by atoms with Gasteiger partial charge in [0.15, 0.2) is 0 Å². The third-order valence-corrected chi connectivity index (χ3v) is 4.65. The number of halogens is 2. The maximum atomic E-state index is 14.0. The second-order valence-corrected chi connectivity index (χ2v) is 7.72. The Kier molecular flexibility index (Phi) is 5.00. The molecule has 1 atom stereocenters. The summed E-state index contributed by atoms with van der Waals surface area (Å²) in [5.41, 5.74) is -0.00983. The number of carbonyl (C=O) groups is 1. The van der Waals surface area contributed by atoms with E-state index in [-0.39, 0.29) is 22.6 Å². The predicted octanol–water partition coefficient (Wildman–Crippen LogP) is 1.74. The highest BCUT2D eigenvalue weighted by atomic mass is 79.9. The Hall–Kier alpha value is -0.990. The fourth-order valence-corrected chi connectivity index (χ4v) is 3.56. The second kappa shape index (κ2) is 6.41. The maximum absolute atomic E-state index is 14.0. The number of hydrogen-bond donors (Lipinski definition) is 1. The fraction of sp³-hybridized carbons (Fsp3) is 0.462. The molecule has 0 bridgehead atoms. The number of sulfonamides is 1. The van der Waals surface area contributed by atoms with Gasteiger partial charge in [0.05, 0.1) is 16.3 Å². The smallest absolute Gasteiger partial charge is 0.256 e. The van der Waals surface area contributed by atoms with Gasteiger partial charge in [-0.1, -0.05) is 6.07 Å². The molecule has 1 saturated heterocycles. The van der Waals surface area contributed by atoms with Crippen molar-refractivity contribution in [3.05, 3.63) is 34.1 Å². The molecule has 1 aliphatic heterocycles. The van der Waals surface area contributed by atoms with E-state index in [4.69, 9.17) is 0 Å². The summed E-state index contributed by atoms with van der Waals surface area (Å²) in [4.78, 5) is 13.9. The Balaban J connectivity index is 2.14. The van der Waals surface area contributed by atoms with Crippen molar-refractivity contribution in [3.8, 4) is 0 Å². The van der Waals surface area contributed by atoms with Gasteiger partial charge in [0.25, 0.3) is 5.91 Å². The molecule has 1 heterocycles. The Morgan fingerprint density at radius 3 is 2.86 bits per heavy atom. The van der Waals surface area contributed by atoms with Crippen molar-refractivity contribution < 1.29 is 17.6 Å². The first-order chi connectivity index (χ1) is 9.78. The van der Waals surface area contributed by atoms with Crippen LogP contribution in [0.5, 0.6) is 0 Å². The van der Waals surface area contributed by atoms with Gasteiger partial charge in [0, 0.05) is 19.1 Å². The zero-order chi connectivity index (χ0) is 15.6. The molecule has 0 spiro atoms. The van der Waals surface area contributed by atoms with Gasteiger partial charge in [-0.3, -0.25) is 4.79 Å². The van der Waals surface area contributed by atoms with Gasteiger partial charge in [-0.15, -0.1) is 0 Å². The van der Waals surface area contributed by atoms with Crippen molar-refractivity contribution in [2.24, 2.45) is 0 Å². The molecule has 1 aliphatic rings. The van der Waals surface area contributed by atoms with Crippen LogP contribution in [0.3, 0.4) is 0 Å². The van der Waals surface area contributed by atoms with Crippen LogP contribution >= 0.6 is 15.9 Å². The Morgan fingerprint density at radius 1 is 1.48 bits per heavy atom. The summed E-state index contributed by atoms with van der Waals surface area (Å²) in [5.74, 6) is -1.02. The summed E-state index contributed by atoms with van der Waals surface area (Å²) < 4.78 is 39.2. The van der Waals surface area contributed by atoms with E-state index < -0.39 is 21.7 Å². The summed E-state index contributed by atoms with van der Waals surface area (Å²) in [7, 11) is -3.32. The molecule has 1 amide bonds. The number of piperidine rings is 1. The third-order valence-electron chi connectivity index (χ3n) is 3.27. The van der Waals surface area contributed by atoms with Crippen molar-refractivity contribution in [2.45, 2.75) is 18.9 Å². The van der Waals surface area contributed by atoms with E-state index in [1.165, 1.54) is 17.0 Å². The molecule has 2 rings (SSSR count). The molecule has 21 heavy (non-hydrogen) atoms. The normalized spacial score (nSPS) is 19.6. The van der Waals surface area contributed by atoms with Crippen LogP contribution < -0.4 is 4.72 Å². The topological polar surface area (TPSA) is 66.5 Å². The SMILES string of the molecule is CS(=O)(=O)NC1CCCN(C(=O)c2cccc(Br)c2F)C1. The summed E-state index contributed by atoms with van der Waals surface area (Å²) in [6, 6.07) is 4.22. The Labute approximate surface area is 131 Å². The molecular formula is C13H16BrFN2O3S. The number of carbonyl (C=O) groups excluding carboxylic acids is 1. The standard InChI is InChI=1S/C13H16BrFN2O3S/c1-21(19,20)16-9-4-3-7-17(8-9)13(18)10-5-2-6-11(14)12(10)15/h2,5-6,9,16H,3-4,7-8H2,1H3. The predicted molar refractivity (Wildman–Crippen MR) is 81.0 cm³/mol. The largest absolute Gasteiger partial charge is 0.337 e. The lowest BCUT2D eigenvalue weighted by atomic mass is 10.1. The van der Waals surface area contributed by atoms with E-state index in [0.29, 0.717) is 19.4 Å². The average Bonchev–Trinajstić information content (AvgIpc) is 2.39. The molecule has 0 aromatic heterocycles. The van der Waals surface area contributed by atoms with Crippen LogP contribution in [-0.4, -0.2) is 44.6 Å². The van der Waals surface area contributed by atoms with Crippen molar-refractivity contribution in [2.75, 3.05) is 19.3 Å². The van der Waals surface area contributed by atoms with Crippen LogP contribution in [0.15, 0.2) is 22.7 Å². The number of benzene rings is 1. The summed E-state index contributed by atoms with van der Waals surface area (Å²) in [6.07, 6.45) is 2.42. The van der Waals surface area contributed by atoms with Crippen LogP contribution in [0.2, 0.25) is 0 Å². The molecule has 0 saturated carbocycles. The highest BCUT2D eigenvalue weighted by molar-refractivity contribution is 9.10. The number of nitrogens with zero attached hydrogens (tertiary/aromatic N) is 1. The molecule has 5 nitrogen and oxygen atoms in total. The molecule has 1 aromatic carbocycles. The quantitative estimate of drug-likeness (QED) is 0.870. The first-order valence-electron chi connectivity index (χ1n) is 6.48. The highest BCUT2D eigenvalue weighted by Crippen LogP contribution is 2.21. The Bertz CT molecular complexity index is 651. The second-order valence-electron chi connectivity index (χ2n) is 5.08. The molecule has 0 aliphatic carbocycles. The van der Waals surface area contributed by atoms with Gasteiger partial charge >= 0.3 is 0 Å². The lowest BCUT2D eigenvalue weighted by Gasteiger charge is -2.32. The molecule has 1 N–H and O–H groups in total. The number of rotatable bonds is 3. The number of nitrogens with one attached hydrogen (secondary N) is 1. The maximum Gasteiger partial charge on any atom is 0.256 e. The van der Waals surface area contributed by atoms with Gasteiger partial charge in [0.1, 0.15) is 5.82 Å². The van der Waals surface area contributed by atoms with Gasteiger partial charge in [-0.05, 0) is 40.9 Å². The van der Waals surface area contributed by atoms with Crippen molar-refractivity contribution in [1.82, 2.24) is 9.62 Å². The molecule has 1 aromatic rings. The van der Waals surface area contributed by atoms with E-state index >= 15 is 0 Å². The third kappa shape index (κ3) is 4.24. The van der Waals surface area contributed by atoms with Crippen molar-refractivity contribution in [1.29, 1.82) is 0 Å². The molecule has 116 valence electrons. The van der Waals surface area contributed by atoms with Crippen LogP contribution in [-0.2, 0) is 10.0 Å². The summed E-state index contributed by atoms with van der Waals surface area (Å²) in [5, 5.41) is 0. The first-order valence-corrected chi connectivity index (χ1v) is 9.17. The molecule has 1 unspecified atom stereocenters. The highest BCUT2D eigenvalue weighted by Gasteiger charge is 2.27. The molecule has 8 heteroatoms. The van der Waals surface area contributed by atoms with Crippen LogP contribution in [0.1, 0.15) is 23.2 Å². The van der Waals surface area contributed by atoms with Gasteiger partial charge in [-0.25, -0.2) is 17.5 Å².